The fraction of sp³-hybridized carbons (Fsp3) is 0.526. The maximum absolute atomic E-state index is 13.5. The minimum absolute atomic E-state index is 0.0433. The highest BCUT2D eigenvalue weighted by molar-refractivity contribution is 7.22. The molecule has 2 aliphatic heterocycles. The van der Waals surface area contributed by atoms with E-state index >= 15 is 0 Å². The number of aromatic nitrogens is 1. The molecule has 2 unspecified atom stereocenters. The topological polar surface area (TPSA) is 72.3 Å². The normalized spacial score (nSPS) is 31.9. The van der Waals surface area contributed by atoms with Crippen molar-refractivity contribution >= 4 is 32.6 Å². The van der Waals surface area contributed by atoms with Crippen molar-refractivity contribution in [3.63, 3.8) is 0 Å². The van der Waals surface area contributed by atoms with E-state index < -0.39 is 12.2 Å². The number of hydrogen-bond donors (Lipinski definition) is 1. The lowest BCUT2D eigenvalue weighted by molar-refractivity contribution is -0.130. The summed E-state index contributed by atoms with van der Waals surface area (Å²) in [5.74, 6) is 0.892. The van der Waals surface area contributed by atoms with Gasteiger partial charge in [0.05, 0.1) is 29.4 Å². The number of halogens is 1. The number of carbonyl (C=O) groups excluding carboxylic acids is 1. The summed E-state index contributed by atoms with van der Waals surface area (Å²) in [6, 6.07) is 9.92. The Morgan fingerprint density at radius 1 is 1.33 bits per heavy atom. The summed E-state index contributed by atoms with van der Waals surface area (Å²) in [6.45, 7) is 2.13. The van der Waals surface area contributed by atoms with Crippen LogP contribution < -0.4 is 10.2 Å². The number of amides is 1. The Labute approximate surface area is 160 Å². The second-order valence-electron chi connectivity index (χ2n) is 7.63. The maximum atomic E-state index is 13.5. The van der Waals surface area contributed by atoms with Gasteiger partial charge in [-0.2, -0.15) is 5.26 Å². The molecule has 3 aliphatic rings. The summed E-state index contributed by atoms with van der Waals surface area (Å²) in [6.07, 6.45) is -0.949. The summed E-state index contributed by atoms with van der Waals surface area (Å²) in [7, 11) is 0. The number of anilines is 1. The van der Waals surface area contributed by atoms with Crippen molar-refractivity contribution in [3.8, 4) is 6.07 Å². The molecule has 5 rings (SSSR count). The van der Waals surface area contributed by atoms with Crippen LogP contribution in [-0.2, 0) is 4.79 Å². The fourth-order valence-corrected chi connectivity index (χ4v) is 5.45. The Morgan fingerprint density at radius 3 is 2.85 bits per heavy atom. The average Bonchev–Trinajstić information content (AvgIpc) is 3.12. The highest BCUT2D eigenvalue weighted by Crippen LogP contribution is 2.47. The van der Waals surface area contributed by atoms with Crippen LogP contribution in [0.5, 0.6) is 0 Å². The molecule has 1 aliphatic carbocycles. The van der Waals surface area contributed by atoms with Crippen LogP contribution in [0.4, 0.5) is 9.52 Å². The van der Waals surface area contributed by atoms with Crippen LogP contribution in [0.2, 0.25) is 0 Å². The van der Waals surface area contributed by atoms with Crippen molar-refractivity contribution in [3.05, 3.63) is 24.3 Å². The molecular weight excluding hydrogens is 365 g/mol. The van der Waals surface area contributed by atoms with Crippen molar-refractivity contribution in [1.29, 1.82) is 5.26 Å². The third-order valence-electron chi connectivity index (χ3n) is 5.96. The molecule has 3 heterocycles. The molecule has 2 aromatic rings. The van der Waals surface area contributed by atoms with Gasteiger partial charge in [-0.15, -0.1) is 0 Å². The van der Waals surface area contributed by atoms with Crippen LogP contribution in [0.1, 0.15) is 6.42 Å². The number of alkyl halides is 1. The van der Waals surface area contributed by atoms with Crippen molar-refractivity contribution in [2.75, 3.05) is 31.1 Å². The van der Waals surface area contributed by atoms with E-state index in [1.165, 1.54) is 9.60 Å². The maximum Gasteiger partial charge on any atom is 0.237 e. The second kappa shape index (κ2) is 6.43. The number of hydrogen-bond acceptors (Lipinski definition) is 6. The Bertz CT molecular complexity index is 881. The standard InChI is InChI=1S/C19H20FN5OS/c20-11-5-12(6-21)25(8-11)17(26)7-22-18-13-9-24(10-14(13)18)19-23-15-3-1-2-4-16(15)27-19/h1-4,11-14,18,22H,5,7-10H2/t11-,12-,13?,14?,18?/m0/s1. The SMILES string of the molecule is N#C[C@@H]1C[C@H](F)CN1C(=O)CNC1C2CN(c3nc4ccccc4s3)CC21. The molecule has 1 N–H and O–H groups in total. The van der Waals surface area contributed by atoms with E-state index in [-0.39, 0.29) is 25.4 Å². The van der Waals surface area contributed by atoms with E-state index in [2.05, 4.69) is 16.3 Å². The van der Waals surface area contributed by atoms with Crippen LogP contribution in [0.3, 0.4) is 0 Å². The number of benzene rings is 1. The van der Waals surface area contributed by atoms with Gasteiger partial charge in [0.1, 0.15) is 12.2 Å². The van der Waals surface area contributed by atoms with Crippen molar-refractivity contribution in [1.82, 2.24) is 15.2 Å². The fourth-order valence-electron chi connectivity index (χ4n) is 4.47. The zero-order chi connectivity index (χ0) is 18.5. The smallest absolute Gasteiger partial charge is 0.237 e. The predicted octanol–water partition coefficient (Wildman–Crippen LogP) is 1.78. The van der Waals surface area contributed by atoms with Crippen LogP contribution in [0, 0.1) is 23.2 Å². The van der Waals surface area contributed by atoms with Gasteiger partial charge in [-0.05, 0) is 24.0 Å². The van der Waals surface area contributed by atoms with Crippen LogP contribution in [0.25, 0.3) is 10.2 Å². The van der Waals surface area contributed by atoms with Gasteiger partial charge in [0.2, 0.25) is 5.91 Å². The number of likely N-dealkylation sites (tertiary alicyclic amines) is 1. The first kappa shape index (κ1) is 16.9. The Kier molecular flexibility index (Phi) is 4.02. The number of nitriles is 1. The van der Waals surface area contributed by atoms with E-state index in [1.807, 2.05) is 24.3 Å². The average molecular weight is 385 g/mol. The van der Waals surface area contributed by atoms with Gasteiger partial charge < -0.3 is 15.1 Å². The quantitative estimate of drug-likeness (QED) is 0.869. The molecule has 4 atom stereocenters. The first-order valence-electron chi connectivity index (χ1n) is 9.31. The van der Waals surface area contributed by atoms with Gasteiger partial charge >= 0.3 is 0 Å². The molecule has 0 spiro atoms. The van der Waals surface area contributed by atoms with Gasteiger partial charge in [-0.1, -0.05) is 23.5 Å². The van der Waals surface area contributed by atoms with E-state index in [0.29, 0.717) is 17.9 Å². The van der Waals surface area contributed by atoms with E-state index in [1.54, 1.807) is 11.3 Å². The molecule has 1 amide bonds. The lowest BCUT2D eigenvalue weighted by Crippen LogP contribution is -2.42. The van der Waals surface area contributed by atoms with Crippen LogP contribution in [0.15, 0.2) is 24.3 Å². The number of thiazole rings is 1. The summed E-state index contributed by atoms with van der Waals surface area (Å²) in [5.41, 5.74) is 1.04. The number of para-hydroxylation sites is 1. The first-order valence-corrected chi connectivity index (χ1v) is 10.1. The summed E-state index contributed by atoms with van der Waals surface area (Å²) >= 11 is 1.72. The van der Waals surface area contributed by atoms with Crippen LogP contribution >= 0.6 is 11.3 Å². The van der Waals surface area contributed by atoms with E-state index in [9.17, 15) is 9.18 Å². The third-order valence-corrected chi connectivity index (χ3v) is 7.05. The lowest BCUT2D eigenvalue weighted by Gasteiger charge is -2.21. The molecule has 1 aromatic heterocycles. The Morgan fingerprint density at radius 2 is 2.11 bits per heavy atom. The number of nitrogens with one attached hydrogen (secondary N) is 1. The summed E-state index contributed by atoms with van der Waals surface area (Å²) in [5, 5.41) is 13.5. The van der Waals surface area contributed by atoms with Crippen molar-refractivity contribution in [2.24, 2.45) is 11.8 Å². The zero-order valence-electron chi connectivity index (χ0n) is 14.7. The van der Waals surface area contributed by atoms with Gasteiger partial charge in [-0.25, -0.2) is 9.37 Å². The molecule has 1 saturated carbocycles. The van der Waals surface area contributed by atoms with Crippen molar-refractivity contribution < 1.29 is 9.18 Å². The highest BCUT2D eigenvalue weighted by atomic mass is 32.1. The molecule has 3 fully saturated rings. The van der Waals surface area contributed by atoms with Crippen molar-refractivity contribution in [2.45, 2.75) is 24.7 Å². The van der Waals surface area contributed by atoms with Gasteiger partial charge in [0.25, 0.3) is 0 Å². The predicted molar refractivity (Wildman–Crippen MR) is 101 cm³/mol. The Hall–Kier alpha value is -2.24. The van der Waals surface area contributed by atoms with Gasteiger partial charge in [0.15, 0.2) is 5.13 Å². The largest absolute Gasteiger partial charge is 0.347 e. The third kappa shape index (κ3) is 2.95. The van der Waals surface area contributed by atoms with E-state index in [4.69, 9.17) is 10.2 Å². The molecule has 1 aromatic carbocycles. The summed E-state index contributed by atoms with van der Waals surface area (Å²) in [4.78, 5) is 20.8. The first-order chi connectivity index (χ1) is 13.1. The van der Waals surface area contributed by atoms with Gasteiger partial charge in [0, 0.05) is 25.6 Å². The number of nitrogens with zero attached hydrogens (tertiary/aromatic N) is 4. The monoisotopic (exact) mass is 385 g/mol. The number of rotatable bonds is 4. The molecule has 0 radical (unpaired) electrons. The lowest BCUT2D eigenvalue weighted by atomic mass is 10.2. The molecule has 27 heavy (non-hydrogen) atoms. The zero-order valence-corrected chi connectivity index (χ0v) is 15.5. The Balaban J connectivity index is 1.14. The molecule has 8 heteroatoms. The second-order valence-corrected chi connectivity index (χ2v) is 8.64. The molecule has 6 nitrogen and oxygen atoms in total. The minimum atomic E-state index is -1.08. The molecule has 0 bridgehead atoms. The molecule has 2 saturated heterocycles. The van der Waals surface area contributed by atoms with E-state index in [0.717, 1.165) is 23.7 Å². The summed E-state index contributed by atoms with van der Waals surface area (Å²) < 4.78 is 14.7. The molecular formula is C19H20FN5OS. The molecule has 140 valence electrons. The van der Waals surface area contributed by atoms with Gasteiger partial charge in [-0.3, -0.25) is 4.79 Å². The van der Waals surface area contributed by atoms with Crippen LogP contribution in [-0.4, -0.2) is 60.2 Å². The number of fused-ring (bicyclic) bond motifs is 2. The number of carbonyl (C=O) groups is 1. The highest BCUT2D eigenvalue weighted by Gasteiger charge is 2.56. The minimum Gasteiger partial charge on any atom is -0.347 e. The number of piperidine rings is 1.